The number of oxime groups is 1. The Morgan fingerprint density at radius 3 is 2.70 bits per heavy atom. The van der Waals surface area contributed by atoms with Gasteiger partial charge in [0.1, 0.15) is 16.4 Å². The molecule has 0 unspecified atom stereocenters. The van der Waals surface area contributed by atoms with E-state index in [2.05, 4.69) is 10.3 Å². The Hall–Kier alpha value is -3.20. The molecule has 2 heterocycles. The lowest BCUT2D eigenvalue weighted by Gasteiger charge is -2.06. The van der Waals surface area contributed by atoms with Gasteiger partial charge in [-0.15, -0.1) is 11.3 Å². The van der Waals surface area contributed by atoms with Gasteiger partial charge in [0.05, 0.1) is 23.6 Å². The van der Waals surface area contributed by atoms with E-state index in [1.807, 2.05) is 6.92 Å². The fraction of sp³-hybridized carbons (Fsp3) is 0.286. The van der Waals surface area contributed by atoms with Crippen molar-refractivity contribution in [1.82, 2.24) is 9.78 Å². The van der Waals surface area contributed by atoms with Crippen LogP contribution in [-0.4, -0.2) is 28.1 Å². The predicted octanol–water partition coefficient (Wildman–Crippen LogP) is 4.84. The van der Waals surface area contributed by atoms with Crippen molar-refractivity contribution >= 4 is 23.5 Å². The Bertz CT molecular complexity index is 1040. The molecule has 0 radical (unpaired) electrons. The summed E-state index contributed by atoms with van der Waals surface area (Å²) in [5.41, 5.74) is 1.35. The number of halogens is 1. The van der Waals surface area contributed by atoms with Gasteiger partial charge in [0.15, 0.2) is 6.61 Å². The lowest BCUT2D eigenvalue weighted by atomic mass is 10.3. The minimum Gasteiger partial charge on any atom is -0.459 e. The van der Waals surface area contributed by atoms with Gasteiger partial charge in [0.2, 0.25) is 5.88 Å². The van der Waals surface area contributed by atoms with Crippen LogP contribution in [-0.2, 0) is 23.2 Å². The molecule has 0 aliphatic rings. The van der Waals surface area contributed by atoms with Crippen LogP contribution < -0.4 is 4.74 Å². The topological polar surface area (TPSA) is 74.9 Å². The highest BCUT2D eigenvalue weighted by Gasteiger charge is 2.15. The number of benzene rings is 1. The molecule has 0 saturated carbocycles. The van der Waals surface area contributed by atoms with Gasteiger partial charge in [-0.05, 0) is 57.2 Å². The number of thiophene rings is 1. The van der Waals surface area contributed by atoms with E-state index >= 15 is 0 Å². The molecule has 30 heavy (non-hydrogen) atoms. The average molecular weight is 431 g/mol. The molecule has 1 aromatic carbocycles. The number of hydrogen-bond acceptors (Lipinski definition) is 7. The molecular weight excluding hydrogens is 409 g/mol. The smallest absolute Gasteiger partial charge is 0.348 e. The number of aromatic nitrogens is 2. The van der Waals surface area contributed by atoms with Gasteiger partial charge < -0.3 is 14.3 Å². The highest BCUT2D eigenvalue weighted by molar-refractivity contribution is 7.13. The molecule has 0 atom stereocenters. The second-order valence-corrected chi connectivity index (χ2v) is 7.88. The zero-order chi connectivity index (χ0) is 21.7. The van der Waals surface area contributed by atoms with Gasteiger partial charge >= 0.3 is 5.97 Å². The van der Waals surface area contributed by atoms with Crippen LogP contribution in [0.25, 0.3) is 0 Å². The van der Waals surface area contributed by atoms with Crippen LogP contribution in [0.3, 0.4) is 0 Å². The molecule has 0 amide bonds. The van der Waals surface area contributed by atoms with Crippen LogP contribution in [0.2, 0.25) is 0 Å². The van der Waals surface area contributed by atoms with E-state index < -0.39 is 0 Å². The van der Waals surface area contributed by atoms with E-state index in [0.29, 0.717) is 27.8 Å². The monoisotopic (exact) mass is 431 g/mol. The van der Waals surface area contributed by atoms with Gasteiger partial charge in [-0.25, -0.2) is 13.9 Å². The van der Waals surface area contributed by atoms with Crippen LogP contribution in [0, 0.1) is 12.7 Å². The molecular formula is C21H22FN3O4S. The van der Waals surface area contributed by atoms with Crippen molar-refractivity contribution in [1.29, 1.82) is 0 Å². The first-order valence-corrected chi connectivity index (χ1v) is 10.1. The molecule has 2 aromatic heterocycles. The normalized spacial score (nSPS) is 11.3. The molecule has 0 aliphatic heterocycles. The number of carbonyl (C=O) groups is 1. The van der Waals surface area contributed by atoms with E-state index in [4.69, 9.17) is 14.3 Å². The molecule has 0 bridgehead atoms. The van der Waals surface area contributed by atoms with Gasteiger partial charge in [-0.3, -0.25) is 0 Å². The fourth-order valence-electron chi connectivity index (χ4n) is 2.57. The van der Waals surface area contributed by atoms with Crippen molar-refractivity contribution in [3.05, 3.63) is 63.2 Å². The summed E-state index contributed by atoms with van der Waals surface area (Å²) >= 11 is 1.30. The minimum atomic E-state index is -0.349. The highest BCUT2D eigenvalue weighted by Crippen LogP contribution is 2.26. The number of ether oxygens (including phenoxy) is 2. The first kappa shape index (κ1) is 21.5. The second-order valence-electron chi connectivity index (χ2n) is 6.71. The van der Waals surface area contributed by atoms with Crippen LogP contribution in [0.15, 0.2) is 41.6 Å². The van der Waals surface area contributed by atoms with Gasteiger partial charge in [-0.1, -0.05) is 5.16 Å². The summed E-state index contributed by atoms with van der Waals surface area (Å²) in [5.74, 6) is 0.252. The standard InChI is InChI=1S/C21H22FN3O4S/c1-13(2)28-21(26)19-10-9-17(30-19)12-27-23-11-18-14(3)24-25(4)20(18)29-16-7-5-15(22)6-8-16/h5-11,13H,12H2,1-4H3. The van der Waals surface area contributed by atoms with Gasteiger partial charge in [0, 0.05) is 11.9 Å². The molecule has 0 saturated heterocycles. The van der Waals surface area contributed by atoms with E-state index in [0.717, 1.165) is 4.88 Å². The van der Waals surface area contributed by atoms with Crippen LogP contribution in [0.4, 0.5) is 4.39 Å². The molecule has 3 rings (SSSR count). The number of hydrogen-bond donors (Lipinski definition) is 0. The summed E-state index contributed by atoms with van der Waals surface area (Å²) in [4.78, 5) is 18.6. The van der Waals surface area contributed by atoms with Crippen molar-refractivity contribution in [2.75, 3.05) is 0 Å². The van der Waals surface area contributed by atoms with Crippen molar-refractivity contribution in [2.24, 2.45) is 12.2 Å². The van der Waals surface area contributed by atoms with Crippen LogP contribution >= 0.6 is 11.3 Å². The second kappa shape index (κ2) is 9.53. The Morgan fingerprint density at radius 2 is 2.00 bits per heavy atom. The van der Waals surface area contributed by atoms with Crippen molar-refractivity contribution in [3.8, 4) is 11.6 Å². The number of nitrogens with zero attached hydrogens (tertiary/aromatic N) is 3. The maximum absolute atomic E-state index is 13.1. The fourth-order valence-corrected chi connectivity index (χ4v) is 3.36. The van der Waals surface area contributed by atoms with E-state index in [9.17, 15) is 9.18 Å². The van der Waals surface area contributed by atoms with Crippen LogP contribution in [0.1, 0.15) is 39.7 Å². The Morgan fingerprint density at radius 1 is 1.27 bits per heavy atom. The summed E-state index contributed by atoms with van der Waals surface area (Å²) < 4.78 is 25.7. The quantitative estimate of drug-likeness (QED) is 0.290. The third kappa shape index (κ3) is 5.44. The molecule has 158 valence electrons. The Balaban J connectivity index is 1.63. The summed E-state index contributed by atoms with van der Waals surface area (Å²) in [6.45, 7) is 5.64. The largest absolute Gasteiger partial charge is 0.459 e. The van der Waals surface area contributed by atoms with Crippen molar-refractivity contribution in [3.63, 3.8) is 0 Å². The zero-order valence-electron chi connectivity index (χ0n) is 17.1. The molecule has 0 spiro atoms. The third-order valence-corrected chi connectivity index (χ3v) is 4.95. The van der Waals surface area contributed by atoms with Crippen molar-refractivity contribution in [2.45, 2.75) is 33.5 Å². The predicted molar refractivity (Wildman–Crippen MR) is 112 cm³/mol. The average Bonchev–Trinajstić information content (AvgIpc) is 3.26. The first-order chi connectivity index (χ1) is 14.3. The summed E-state index contributed by atoms with van der Waals surface area (Å²) in [7, 11) is 1.74. The molecule has 3 aromatic rings. The lowest BCUT2D eigenvalue weighted by Crippen LogP contribution is -2.09. The van der Waals surface area contributed by atoms with Crippen molar-refractivity contribution < 1.29 is 23.5 Å². The molecule has 0 fully saturated rings. The number of carbonyl (C=O) groups excluding carboxylic acids is 1. The molecule has 9 heteroatoms. The maximum atomic E-state index is 13.1. The van der Waals surface area contributed by atoms with Crippen LogP contribution in [0.5, 0.6) is 11.6 Å². The number of esters is 1. The zero-order valence-corrected chi connectivity index (χ0v) is 17.9. The number of rotatable bonds is 8. The summed E-state index contributed by atoms with van der Waals surface area (Å²) in [6, 6.07) is 9.22. The summed E-state index contributed by atoms with van der Waals surface area (Å²) in [5, 5.41) is 8.33. The molecule has 7 nitrogen and oxygen atoms in total. The third-order valence-electron chi connectivity index (χ3n) is 3.91. The SMILES string of the molecule is Cc1nn(C)c(Oc2ccc(F)cc2)c1C=NOCc1ccc(C(=O)OC(C)C)s1. The first-order valence-electron chi connectivity index (χ1n) is 9.25. The van der Waals surface area contributed by atoms with Gasteiger partial charge in [0.25, 0.3) is 0 Å². The van der Waals surface area contributed by atoms with Gasteiger partial charge in [-0.2, -0.15) is 5.10 Å². The number of aryl methyl sites for hydroxylation is 2. The highest BCUT2D eigenvalue weighted by atomic mass is 32.1. The Kier molecular flexibility index (Phi) is 6.83. The molecule has 0 aliphatic carbocycles. The van der Waals surface area contributed by atoms with E-state index in [1.54, 1.807) is 37.7 Å². The maximum Gasteiger partial charge on any atom is 0.348 e. The Labute approximate surface area is 177 Å². The summed E-state index contributed by atoms with van der Waals surface area (Å²) in [6.07, 6.45) is 1.35. The minimum absolute atomic E-state index is 0.169. The lowest BCUT2D eigenvalue weighted by molar-refractivity contribution is 0.0384. The van der Waals surface area contributed by atoms with E-state index in [-0.39, 0.29) is 24.5 Å². The molecule has 0 N–H and O–H groups in total. The van der Waals surface area contributed by atoms with E-state index in [1.165, 1.54) is 41.8 Å².